The molecule has 2 rings (SSSR count). The van der Waals surface area contributed by atoms with Crippen LogP contribution >= 0.6 is 11.8 Å². The van der Waals surface area contributed by atoms with Gasteiger partial charge in [0, 0.05) is 11.1 Å². The molecule has 2 aliphatic rings. The van der Waals surface area contributed by atoms with Crippen LogP contribution in [-0.2, 0) is 0 Å². The van der Waals surface area contributed by atoms with E-state index in [4.69, 9.17) is 0 Å². The van der Waals surface area contributed by atoms with E-state index >= 15 is 0 Å². The maximum atomic E-state index is 4.66. The zero-order chi connectivity index (χ0) is 14.5. The summed E-state index contributed by atoms with van der Waals surface area (Å²) >= 11 is 1.54. The van der Waals surface area contributed by atoms with Crippen molar-refractivity contribution in [3.8, 4) is 0 Å². The van der Waals surface area contributed by atoms with E-state index in [9.17, 15) is 0 Å². The zero-order valence-electron chi connectivity index (χ0n) is 12.0. The summed E-state index contributed by atoms with van der Waals surface area (Å²) in [6.07, 6.45) is 11.1. The molecule has 0 amide bonds. The van der Waals surface area contributed by atoms with Crippen LogP contribution in [0, 0.1) is 5.92 Å². The van der Waals surface area contributed by atoms with Gasteiger partial charge < -0.3 is 10.6 Å². The molecule has 2 aliphatic heterocycles. The van der Waals surface area contributed by atoms with Crippen molar-refractivity contribution >= 4 is 18.0 Å². The number of rotatable bonds is 0. The van der Waals surface area contributed by atoms with Crippen molar-refractivity contribution in [1.29, 1.82) is 0 Å². The summed E-state index contributed by atoms with van der Waals surface area (Å²) < 4.78 is 0. The largest absolute Gasteiger partial charge is 0.362 e. The molecule has 0 saturated carbocycles. The van der Waals surface area contributed by atoms with E-state index < -0.39 is 0 Å². The lowest BCUT2D eigenvalue weighted by Gasteiger charge is -2.19. The number of nitrogens with one attached hydrogen (secondary N) is 2. The third-order valence-corrected chi connectivity index (χ3v) is 3.73. The minimum absolute atomic E-state index is 0.144. The van der Waals surface area contributed by atoms with E-state index in [0.717, 1.165) is 27.6 Å². The smallest absolute Gasteiger partial charge is 0.159 e. The number of aliphatic imine (C=N–C) groups is 1. The van der Waals surface area contributed by atoms with Gasteiger partial charge in [-0.2, -0.15) is 0 Å². The molecule has 2 atom stereocenters. The molecule has 3 nitrogen and oxygen atoms in total. The fraction of sp³-hybridized carbons (Fsp3) is 0.312. The summed E-state index contributed by atoms with van der Waals surface area (Å²) in [4.78, 5) is 5.63. The molecule has 0 spiro atoms. The maximum Gasteiger partial charge on any atom is 0.159 e. The van der Waals surface area contributed by atoms with Crippen molar-refractivity contribution in [3.05, 3.63) is 58.8 Å². The average Bonchev–Trinajstić information content (AvgIpc) is 2.46. The highest BCUT2D eigenvalue weighted by molar-refractivity contribution is 8.06. The van der Waals surface area contributed by atoms with Gasteiger partial charge in [-0.3, -0.25) is 4.99 Å². The highest BCUT2D eigenvalue weighted by Gasteiger charge is 2.16. The van der Waals surface area contributed by atoms with E-state index in [1.54, 1.807) is 0 Å². The first-order chi connectivity index (χ1) is 9.54. The summed E-state index contributed by atoms with van der Waals surface area (Å²) in [6, 6.07) is 0. The lowest BCUT2D eigenvalue weighted by atomic mass is 10.1. The van der Waals surface area contributed by atoms with Crippen LogP contribution in [-0.4, -0.2) is 12.4 Å². The van der Waals surface area contributed by atoms with Crippen LogP contribution in [0.3, 0.4) is 0 Å². The first-order valence-corrected chi connectivity index (χ1v) is 7.53. The van der Waals surface area contributed by atoms with Crippen molar-refractivity contribution in [1.82, 2.24) is 10.6 Å². The molecule has 2 N–H and O–H groups in total. The molecule has 0 fully saturated rings. The van der Waals surface area contributed by atoms with E-state index in [1.807, 2.05) is 12.4 Å². The second-order valence-electron chi connectivity index (χ2n) is 5.08. The average molecular weight is 287 g/mol. The van der Waals surface area contributed by atoms with Crippen LogP contribution in [0.2, 0.25) is 0 Å². The van der Waals surface area contributed by atoms with Crippen LogP contribution in [0.25, 0.3) is 0 Å². The molecule has 0 aromatic heterocycles. The Morgan fingerprint density at radius 3 is 2.95 bits per heavy atom. The van der Waals surface area contributed by atoms with Crippen LogP contribution < -0.4 is 10.6 Å². The van der Waals surface area contributed by atoms with Gasteiger partial charge in [-0.15, -0.1) is 0 Å². The SMILES string of the molecule is C=C1/C=C(C)/C=C2/N/C=C/CC(C)C=N[C@@H]2NC(=C)S1. The second-order valence-corrected chi connectivity index (χ2v) is 6.31. The Bertz CT molecular complexity index is 526. The standard InChI is InChI=1S/C16H21N3S/c1-11-6-5-7-17-15-9-12(2)8-13(3)20-14(4)19-16(15)18-10-11/h5,7-11,16-17,19H,3-4,6H2,1-2H3/b7-5+,12-8+,15-9+,18-10?/t11?,16-/m1/s1. The number of hydrogen-bond acceptors (Lipinski definition) is 4. The highest BCUT2D eigenvalue weighted by atomic mass is 32.2. The third kappa shape index (κ3) is 4.17. The molecule has 4 heteroatoms. The highest BCUT2D eigenvalue weighted by Crippen LogP contribution is 2.26. The first-order valence-electron chi connectivity index (χ1n) is 6.71. The Morgan fingerprint density at radius 1 is 1.35 bits per heavy atom. The number of fused-ring (bicyclic) bond motifs is 1. The van der Waals surface area contributed by atoms with Gasteiger partial charge in [0.2, 0.25) is 0 Å². The second kappa shape index (κ2) is 6.66. The van der Waals surface area contributed by atoms with Crippen LogP contribution in [0.15, 0.2) is 63.8 Å². The number of nitrogens with zero attached hydrogens (tertiary/aromatic N) is 1. The van der Waals surface area contributed by atoms with Crippen LogP contribution in [0.1, 0.15) is 20.3 Å². The van der Waals surface area contributed by atoms with Crippen LogP contribution in [0.5, 0.6) is 0 Å². The van der Waals surface area contributed by atoms with Gasteiger partial charge in [-0.1, -0.05) is 37.9 Å². The lowest BCUT2D eigenvalue weighted by molar-refractivity contribution is 0.657. The van der Waals surface area contributed by atoms with Gasteiger partial charge in [0.05, 0.1) is 10.7 Å². The van der Waals surface area contributed by atoms with E-state index in [1.165, 1.54) is 11.8 Å². The van der Waals surface area contributed by atoms with Gasteiger partial charge >= 0.3 is 0 Å². The lowest BCUT2D eigenvalue weighted by Crippen LogP contribution is -2.32. The Hall–Kier alpha value is -1.68. The third-order valence-electron chi connectivity index (χ3n) is 2.98. The van der Waals surface area contributed by atoms with Gasteiger partial charge in [0.15, 0.2) is 6.17 Å². The fourth-order valence-electron chi connectivity index (χ4n) is 2.04. The summed E-state index contributed by atoms with van der Waals surface area (Å²) in [7, 11) is 0. The van der Waals surface area contributed by atoms with E-state index in [0.29, 0.717) is 5.92 Å². The van der Waals surface area contributed by atoms with Crippen LogP contribution in [0.4, 0.5) is 0 Å². The minimum atomic E-state index is -0.144. The topological polar surface area (TPSA) is 36.4 Å². The Morgan fingerprint density at radius 2 is 2.15 bits per heavy atom. The molecule has 2 heterocycles. The van der Waals surface area contributed by atoms with Crippen molar-refractivity contribution in [2.75, 3.05) is 0 Å². The number of hydrogen-bond donors (Lipinski definition) is 2. The van der Waals surface area contributed by atoms with E-state index in [2.05, 4.69) is 60.9 Å². The van der Waals surface area contributed by atoms with Gasteiger partial charge in [0.25, 0.3) is 0 Å². The van der Waals surface area contributed by atoms with Crippen molar-refractivity contribution in [2.45, 2.75) is 26.4 Å². The fourth-order valence-corrected chi connectivity index (χ4v) is 2.77. The molecule has 1 unspecified atom stereocenters. The monoisotopic (exact) mass is 287 g/mol. The molecule has 0 aliphatic carbocycles. The zero-order valence-corrected chi connectivity index (χ0v) is 12.8. The maximum absolute atomic E-state index is 4.66. The molecule has 0 saturated heterocycles. The van der Waals surface area contributed by atoms with Crippen molar-refractivity contribution < 1.29 is 0 Å². The Balaban J connectivity index is 2.38. The quantitative estimate of drug-likeness (QED) is 0.713. The summed E-state index contributed by atoms with van der Waals surface area (Å²) in [5.74, 6) is 0.425. The molecular formula is C16H21N3S. The Labute approximate surface area is 125 Å². The van der Waals surface area contributed by atoms with Gasteiger partial charge in [-0.25, -0.2) is 0 Å². The minimum Gasteiger partial charge on any atom is -0.362 e. The summed E-state index contributed by atoms with van der Waals surface area (Å²) in [6.45, 7) is 12.3. The van der Waals surface area contributed by atoms with Crippen molar-refractivity contribution in [3.63, 3.8) is 0 Å². The molecule has 0 aromatic carbocycles. The summed E-state index contributed by atoms with van der Waals surface area (Å²) in [5.41, 5.74) is 2.15. The predicted molar refractivity (Wildman–Crippen MR) is 89.2 cm³/mol. The first kappa shape index (κ1) is 14.7. The number of thioether (sulfide) groups is 1. The Kier molecular flexibility index (Phi) is 4.90. The van der Waals surface area contributed by atoms with Crippen molar-refractivity contribution in [2.24, 2.45) is 10.9 Å². The normalized spacial score (nSPS) is 34.1. The molecule has 106 valence electrons. The molecule has 20 heavy (non-hydrogen) atoms. The number of allylic oxidation sites excluding steroid dienone is 4. The summed E-state index contributed by atoms with van der Waals surface area (Å²) in [5, 5.41) is 7.52. The molecule has 0 aromatic rings. The molecule has 0 bridgehead atoms. The van der Waals surface area contributed by atoms with Gasteiger partial charge in [0.1, 0.15) is 0 Å². The van der Waals surface area contributed by atoms with E-state index in [-0.39, 0.29) is 6.17 Å². The predicted octanol–water partition coefficient (Wildman–Crippen LogP) is 3.68. The van der Waals surface area contributed by atoms with Gasteiger partial charge in [-0.05, 0) is 43.2 Å². The molecule has 0 radical (unpaired) electrons. The molecular weight excluding hydrogens is 266 g/mol.